The average Bonchev–Trinajstić information content (AvgIpc) is 2.42. The van der Waals surface area contributed by atoms with Crippen LogP contribution >= 0.6 is 11.6 Å². The zero-order valence-corrected chi connectivity index (χ0v) is 11.3. The Morgan fingerprint density at radius 1 is 1.45 bits per heavy atom. The maximum atomic E-state index is 13.2. The number of carbonyl (C=O) groups is 1. The number of halogens is 2. The Morgan fingerprint density at radius 2 is 2.25 bits per heavy atom. The fraction of sp³-hybridized carbons (Fsp3) is 0.154. The second-order valence-corrected chi connectivity index (χ2v) is 4.10. The molecular weight excluding hydrogens is 285 g/mol. The highest BCUT2D eigenvalue weighted by molar-refractivity contribution is 6.32. The molecule has 1 heterocycles. The van der Waals surface area contributed by atoms with Crippen LogP contribution in [0.25, 0.3) is 0 Å². The summed E-state index contributed by atoms with van der Waals surface area (Å²) in [5.74, 6) is 0.127. The molecule has 0 bridgehead atoms. The largest absolute Gasteiger partial charge is 0.492 e. The third kappa shape index (κ3) is 3.03. The quantitative estimate of drug-likeness (QED) is 0.678. The molecule has 0 aliphatic rings. The predicted octanol–water partition coefficient (Wildman–Crippen LogP) is 3.22. The summed E-state index contributed by atoms with van der Waals surface area (Å²) in [6.07, 6.45) is 1.77. The Balaban J connectivity index is 2.39. The van der Waals surface area contributed by atoms with Crippen molar-refractivity contribution >= 4 is 29.4 Å². The smallest absolute Gasteiger partial charge is 0.156 e. The molecule has 0 fully saturated rings. The summed E-state index contributed by atoms with van der Waals surface area (Å²) in [4.78, 5) is 18.7. The van der Waals surface area contributed by atoms with Crippen molar-refractivity contribution < 1.29 is 13.9 Å². The minimum absolute atomic E-state index is 0.0394. The first-order chi connectivity index (χ1) is 9.65. The van der Waals surface area contributed by atoms with E-state index in [1.807, 2.05) is 0 Å². The molecule has 0 aliphatic carbocycles. The van der Waals surface area contributed by atoms with Crippen molar-refractivity contribution in [1.82, 2.24) is 9.97 Å². The molecular formula is C13H11ClFN3O2. The van der Waals surface area contributed by atoms with E-state index in [0.717, 1.165) is 0 Å². The number of nitrogens with one attached hydrogen (secondary N) is 1. The van der Waals surface area contributed by atoms with E-state index in [4.69, 9.17) is 16.3 Å². The molecule has 0 radical (unpaired) electrons. The standard InChI is InChI=1S/C13H11ClFN3O2/c1-2-20-11-5-8(15)3-4-10(11)18-13-9(6-19)12(14)16-7-17-13/h3-7H,2H2,1H3,(H,16,17,18). The summed E-state index contributed by atoms with van der Waals surface area (Å²) in [6, 6.07) is 4.01. The molecule has 5 nitrogen and oxygen atoms in total. The number of benzene rings is 1. The molecule has 104 valence electrons. The molecule has 20 heavy (non-hydrogen) atoms. The monoisotopic (exact) mass is 295 g/mol. The number of aromatic nitrogens is 2. The van der Waals surface area contributed by atoms with Crippen LogP contribution < -0.4 is 10.1 Å². The Hall–Kier alpha value is -2.21. The van der Waals surface area contributed by atoms with E-state index in [1.165, 1.54) is 24.5 Å². The summed E-state index contributed by atoms with van der Waals surface area (Å²) in [5, 5.41) is 2.93. The Bertz CT molecular complexity index is 637. The van der Waals surface area contributed by atoms with Gasteiger partial charge in [0.25, 0.3) is 0 Å². The summed E-state index contributed by atoms with van der Waals surface area (Å²) in [5.41, 5.74) is 0.604. The molecule has 1 aromatic heterocycles. The lowest BCUT2D eigenvalue weighted by Gasteiger charge is -2.13. The van der Waals surface area contributed by atoms with Crippen molar-refractivity contribution in [3.05, 3.63) is 41.1 Å². The van der Waals surface area contributed by atoms with Crippen LogP contribution in [0.3, 0.4) is 0 Å². The summed E-state index contributed by atoms with van der Waals surface area (Å²) in [6.45, 7) is 2.16. The van der Waals surface area contributed by atoms with Crippen molar-refractivity contribution in [2.24, 2.45) is 0 Å². The van der Waals surface area contributed by atoms with Crippen molar-refractivity contribution in [3.8, 4) is 5.75 Å². The fourth-order valence-corrected chi connectivity index (χ4v) is 1.76. The first kappa shape index (κ1) is 14.2. The molecule has 1 N–H and O–H groups in total. The average molecular weight is 296 g/mol. The highest BCUT2D eigenvalue weighted by Crippen LogP contribution is 2.29. The van der Waals surface area contributed by atoms with Gasteiger partial charge in [0.2, 0.25) is 0 Å². The van der Waals surface area contributed by atoms with Crippen molar-refractivity contribution in [1.29, 1.82) is 0 Å². The number of aldehydes is 1. The molecule has 0 saturated heterocycles. The van der Waals surface area contributed by atoms with Crippen LogP contribution in [0.1, 0.15) is 17.3 Å². The van der Waals surface area contributed by atoms with Crippen molar-refractivity contribution in [2.45, 2.75) is 6.92 Å². The second-order valence-electron chi connectivity index (χ2n) is 3.74. The van der Waals surface area contributed by atoms with E-state index in [2.05, 4.69) is 15.3 Å². The van der Waals surface area contributed by atoms with Crippen LogP contribution in [0.5, 0.6) is 5.75 Å². The molecule has 2 aromatic rings. The maximum absolute atomic E-state index is 13.2. The molecule has 0 atom stereocenters. The van der Waals surface area contributed by atoms with Gasteiger partial charge in [-0.15, -0.1) is 0 Å². The highest BCUT2D eigenvalue weighted by Gasteiger charge is 2.12. The first-order valence-electron chi connectivity index (χ1n) is 5.80. The number of rotatable bonds is 5. The number of hydrogen-bond donors (Lipinski definition) is 1. The van der Waals surface area contributed by atoms with Gasteiger partial charge in [0.05, 0.1) is 17.9 Å². The van der Waals surface area contributed by atoms with E-state index < -0.39 is 5.82 Å². The van der Waals surface area contributed by atoms with Crippen molar-refractivity contribution in [2.75, 3.05) is 11.9 Å². The predicted molar refractivity (Wildman–Crippen MR) is 73.3 cm³/mol. The molecule has 2 rings (SSSR count). The highest BCUT2D eigenvalue weighted by atomic mass is 35.5. The number of anilines is 2. The topological polar surface area (TPSA) is 64.1 Å². The van der Waals surface area contributed by atoms with Crippen LogP contribution in [0.4, 0.5) is 15.9 Å². The van der Waals surface area contributed by atoms with Gasteiger partial charge in [-0.3, -0.25) is 4.79 Å². The lowest BCUT2D eigenvalue weighted by Crippen LogP contribution is -2.03. The number of nitrogens with zero attached hydrogens (tertiary/aromatic N) is 2. The third-order valence-electron chi connectivity index (χ3n) is 2.45. The molecule has 0 unspecified atom stereocenters. The molecule has 0 amide bonds. The molecule has 1 aromatic carbocycles. The van der Waals surface area contributed by atoms with Gasteiger partial charge >= 0.3 is 0 Å². The Kier molecular flexibility index (Phi) is 4.47. The fourth-order valence-electron chi connectivity index (χ4n) is 1.58. The van der Waals surface area contributed by atoms with Gasteiger partial charge in [-0.2, -0.15) is 0 Å². The van der Waals surface area contributed by atoms with Crippen LogP contribution in [-0.4, -0.2) is 22.9 Å². The third-order valence-corrected chi connectivity index (χ3v) is 2.75. The zero-order valence-electron chi connectivity index (χ0n) is 10.6. The zero-order chi connectivity index (χ0) is 14.5. The summed E-state index contributed by atoms with van der Waals surface area (Å²) in [7, 11) is 0. The second kappa shape index (κ2) is 6.29. The molecule has 0 aliphatic heterocycles. The van der Waals surface area contributed by atoms with Gasteiger partial charge < -0.3 is 10.1 Å². The molecule has 0 saturated carbocycles. The van der Waals surface area contributed by atoms with Crippen LogP contribution in [0, 0.1) is 5.82 Å². The minimum Gasteiger partial charge on any atom is -0.492 e. The number of ether oxygens (including phenoxy) is 1. The van der Waals surface area contributed by atoms with E-state index in [9.17, 15) is 9.18 Å². The van der Waals surface area contributed by atoms with Gasteiger partial charge in [-0.05, 0) is 19.1 Å². The van der Waals surface area contributed by atoms with Gasteiger partial charge in [0.15, 0.2) is 6.29 Å². The summed E-state index contributed by atoms with van der Waals surface area (Å²) < 4.78 is 18.5. The van der Waals surface area contributed by atoms with Gasteiger partial charge in [-0.1, -0.05) is 11.6 Å². The lowest BCUT2D eigenvalue weighted by atomic mass is 10.2. The van der Waals surface area contributed by atoms with E-state index in [0.29, 0.717) is 24.3 Å². The van der Waals surface area contributed by atoms with E-state index in [-0.39, 0.29) is 16.5 Å². The van der Waals surface area contributed by atoms with Crippen LogP contribution in [-0.2, 0) is 0 Å². The van der Waals surface area contributed by atoms with Gasteiger partial charge in [0.1, 0.15) is 28.9 Å². The first-order valence-corrected chi connectivity index (χ1v) is 6.18. The molecule has 7 heteroatoms. The van der Waals surface area contributed by atoms with E-state index >= 15 is 0 Å². The minimum atomic E-state index is -0.421. The van der Waals surface area contributed by atoms with Crippen molar-refractivity contribution in [3.63, 3.8) is 0 Å². The molecule has 0 spiro atoms. The lowest BCUT2D eigenvalue weighted by molar-refractivity contribution is 0.112. The Labute approximate surface area is 119 Å². The van der Waals surface area contributed by atoms with E-state index in [1.54, 1.807) is 6.92 Å². The SMILES string of the molecule is CCOc1cc(F)ccc1Nc1ncnc(Cl)c1C=O. The van der Waals surface area contributed by atoms with Gasteiger partial charge in [0, 0.05) is 6.07 Å². The number of hydrogen-bond acceptors (Lipinski definition) is 5. The Morgan fingerprint density at radius 3 is 2.95 bits per heavy atom. The normalized spacial score (nSPS) is 10.2. The number of carbonyl (C=O) groups excluding carboxylic acids is 1. The summed E-state index contributed by atoms with van der Waals surface area (Å²) >= 11 is 5.81. The van der Waals surface area contributed by atoms with Crippen LogP contribution in [0.2, 0.25) is 5.15 Å². The maximum Gasteiger partial charge on any atom is 0.156 e. The van der Waals surface area contributed by atoms with Gasteiger partial charge in [-0.25, -0.2) is 14.4 Å². The van der Waals surface area contributed by atoms with Crippen LogP contribution in [0.15, 0.2) is 24.5 Å².